The van der Waals surface area contributed by atoms with Gasteiger partial charge in [0, 0.05) is 30.9 Å². The van der Waals surface area contributed by atoms with E-state index in [1.54, 1.807) is 7.11 Å². The zero-order valence-corrected chi connectivity index (χ0v) is 16.2. The van der Waals surface area contributed by atoms with Gasteiger partial charge in [0.1, 0.15) is 5.75 Å². The Bertz CT molecular complexity index is 799. The number of nitrogens with zero attached hydrogens (tertiary/aromatic N) is 1. The van der Waals surface area contributed by atoms with Crippen LogP contribution in [0.2, 0.25) is 0 Å². The first-order valence-electron chi connectivity index (χ1n) is 9.68. The molecule has 1 aliphatic rings. The predicted octanol–water partition coefficient (Wildman–Crippen LogP) is 2.70. The van der Waals surface area contributed by atoms with Gasteiger partial charge in [-0.1, -0.05) is 18.2 Å². The van der Waals surface area contributed by atoms with Gasteiger partial charge in [-0.15, -0.1) is 0 Å². The highest BCUT2D eigenvalue weighted by atomic mass is 16.5. The maximum atomic E-state index is 12.5. The average Bonchev–Trinajstić information content (AvgIpc) is 3.27. The van der Waals surface area contributed by atoms with Gasteiger partial charge in [-0.05, 0) is 55.2 Å². The van der Waals surface area contributed by atoms with Crippen molar-refractivity contribution >= 4 is 17.5 Å². The van der Waals surface area contributed by atoms with Crippen LogP contribution in [0.25, 0.3) is 0 Å². The quantitative estimate of drug-likeness (QED) is 0.738. The SMILES string of the molecule is COc1ccc(CCNC(=O)CNc2cccc(C(=O)N3CCCC3)c2)cc1. The Morgan fingerprint density at radius 2 is 1.82 bits per heavy atom. The number of anilines is 1. The molecule has 1 fully saturated rings. The Kier molecular flexibility index (Phi) is 6.89. The summed E-state index contributed by atoms with van der Waals surface area (Å²) in [7, 11) is 1.64. The third-order valence-corrected chi connectivity index (χ3v) is 4.85. The van der Waals surface area contributed by atoms with Crippen molar-refractivity contribution in [1.29, 1.82) is 0 Å². The molecule has 0 atom stereocenters. The highest BCUT2D eigenvalue weighted by molar-refractivity contribution is 5.95. The molecule has 2 N–H and O–H groups in total. The minimum Gasteiger partial charge on any atom is -0.497 e. The van der Waals surface area contributed by atoms with Crippen molar-refractivity contribution in [2.45, 2.75) is 19.3 Å². The molecule has 2 aromatic rings. The third-order valence-electron chi connectivity index (χ3n) is 4.85. The molecule has 1 saturated heterocycles. The summed E-state index contributed by atoms with van der Waals surface area (Å²) in [5.41, 5.74) is 2.57. The number of nitrogens with one attached hydrogen (secondary N) is 2. The van der Waals surface area contributed by atoms with E-state index in [4.69, 9.17) is 4.74 Å². The van der Waals surface area contributed by atoms with E-state index < -0.39 is 0 Å². The smallest absolute Gasteiger partial charge is 0.253 e. The van der Waals surface area contributed by atoms with Crippen LogP contribution in [0.1, 0.15) is 28.8 Å². The van der Waals surface area contributed by atoms with Crippen molar-refractivity contribution in [3.8, 4) is 5.75 Å². The van der Waals surface area contributed by atoms with Crippen molar-refractivity contribution in [2.75, 3.05) is 38.6 Å². The van der Waals surface area contributed by atoms with Gasteiger partial charge in [0.2, 0.25) is 5.91 Å². The van der Waals surface area contributed by atoms with E-state index in [0.717, 1.165) is 49.4 Å². The molecule has 6 nitrogen and oxygen atoms in total. The Labute approximate surface area is 165 Å². The zero-order valence-electron chi connectivity index (χ0n) is 16.2. The van der Waals surface area contributed by atoms with E-state index in [1.807, 2.05) is 53.4 Å². The van der Waals surface area contributed by atoms with Crippen LogP contribution in [0.15, 0.2) is 48.5 Å². The highest BCUT2D eigenvalue weighted by Crippen LogP contribution is 2.16. The fourth-order valence-corrected chi connectivity index (χ4v) is 3.25. The van der Waals surface area contributed by atoms with Crippen LogP contribution in [0.3, 0.4) is 0 Å². The van der Waals surface area contributed by atoms with Crippen LogP contribution in [0, 0.1) is 0 Å². The normalized spacial score (nSPS) is 13.2. The summed E-state index contributed by atoms with van der Waals surface area (Å²) < 4.78 is 5.14. The van der Waals surface area contributed by atoms with Crippen molar-refractivity contribution in [1.82, 2.24) is 10.2 Å². The number of ether oxygens (including phenoxy) is 1. The second-order valence-electron chi connectivity index (χ2n) is 6.88. The molecule has 6 heteroatoms. The fraction of sp³-hybridized carbons (Fsp3) is 0.364. The Balaban J connectivity index is 1.42. The van der Waals surface area contributed by atoms with Gasteiger partial charge in [-0.25, -0.2) is 0 Å². The molecule has 148 valence electrons. The van der Waals surface area contributed by atoms with Gasteiger partial charge in [-0.3, -0.25) is 9.59 Å². The van der Waals surface area contributed by atoms with E-state index in [0.29, 0.717) is 12.1 Å². The van der Waals surface area contributed by atoms with E-state index in [2.05, 4.69) is 10.6 Å². The Morgan fingerprint density at radius 3 is 2.54 bits per heavy atom. The summed E-state index contributed by atoms with van der Waals surface area (Å²) in [4.78, 5) is 26.4. The van der Waals surface area contributed by atoms with Gasteiger partial charge >= 0.3 is 0 Å². The molecule has 3 rings (SSSR count). The van der Waals surface area contributed by atoms with Crippen LogP contribution in [-0.4, -0.2) is 50.0 Å². The van der Waals surface area contributed by atoms with Gasteiger partial charge in [-0.2, -0.15) is 0 Å². The largest absolute Gasteiger partial charge is 0.497 e. The number of methoxy groups -OCH3 is 1. The number of benzene rings is 2. The first-order valence-corrected chi connectivity index (χ1v) is 9.68. The second kappa shape index (κ2) is 9.78. The number of carbonyl (C=O) groups is 2. The first kappa shape index (κ1) is 19.7. The molecule has 0 bridgehead atoms. The van der Waals surface area contributed by atoms with Gasteiger partial charge in [0.15, 0.2) is 0 Å². The maximum Gasteiger partial charge on any atom is 0.253 e. The first-order chi connectivity index (χ1) is 13.7. The fourth-order valence-electron chi connectivity index (χ4n) is 3.25. The minimum absolute atomic E-state index is 0.0603. The van der Waals surface area contributed by atoms with E-state index in [1.165, 1.54) is 0 Å². The summed E-state index contributed by atoms with van der Waals surface area (Å²) >= 11 is 0. The highest BCUT2D eigenvalue weighted by Gasteiger charge is 2.19. The molecular formula is C22H27N3O3. The molecule has 0 unspecified atom stereocenters. The molecule has 0 aliphatic carbocycles. The van der Waals surface area contributed by atoms with Crippen molar-refractivity contribution < 1.29 is 14.3 Å². The number of carbonyl (C=O) groups excluding carboxylic acids is 2. The van der Waals surface area contributed by atoms with Crippen LogP contribution >= 0.6 is 0 Å². The number of likely N-dealkylation sites (tertiary alicyclic amines) is 1. The molecule has 2 amide bonds. The summed E-state index contributed by atoms with van der Waals surface area (Å²) in [6.45, 7) is 2.39. The van der Waals surface area contributed by atoms with Crippen molar-refractivity contribution in [3.63, 3.8) is 0 Å². The average molecular weight is 381 g/mol. The molecular weight excluding hydrogens is 354 g/mol. The molecule has 1 aliphatic heterocycles. The number of amides is 2. The van der Waals surface area contributed by atoms with Crippen LogP contribution in [0.4, 0.5) is 5.69 Å². The lowest BCUT2D eigenvalue weighted by Gasteiger charge is -2.16. The molecule has 0 radical (unpaired) electrons. The minimum atomic E-state index is -0.0789. The van der Waals surface area contributed by atoms with E-state index in [-0.39, 0.29) is 18.4 Å². The molecule has 0 aromatic heterocycles. The summed E-state index contributed by atoms with van der Waals surface area (Å²) in [5.74, 6) is 0.803. The molecule has 1 heterocycles. The second-order valence-corrected chi connectivity index (χ2v) is 6.88. The van der Waals surface area contributed by atoms with Gasteiger partial charge < -0.3 is 20.3 Å². The number of hydrogen-bond acceptors (Lipinski definition) is 4. The topological polar surface area (TPSA) is 70.7 Å². The Hall–Kier alpha value is -3.02. The summed E-state index contributed by atoms with van der Waals surface area (Å²) in [6.07, 6.45) is 2.90. The lowest BCUT2D eigenvalue weighted by atomic mass is 10.1. The van der Waals surface area contributed by atoms with Gasteiger partial charge in [0.05, 0.1) is 13.7 Å². The molecule has 0 saturated carbocycles. The van der Waals surface area contributed by atoms with Crippen LogP contribution in [-0.2, 0) is 11.2 Å². The van der Waals surface area contributed by atoms with E-state index in [9.17, 15) is 9.59 Å². The standard InChI is InChI=1S/C22H27N3O3/c1-28-20-9-7-17(8-10-20)11-12-23-21(26)16-24-19-6-4-5-18(15-19)22(27)25-13-2-3-14-25/h4-10,15,24H,2-3,11-14,16H2,1H3,(H,23,26). The zero-order chi connectivity index (χ0) is 19.8. The number of rotatable bonds is 8. The van der Waals surface area contributed by atoms with Crippen molar-refractivity contribution in [2.24, 2.45) is 0 Å². The van der Waals surface area contributed by atoms with Crippen molar-refractivity contribution in [3.05, 3.63) is 59.7 Å². The van der Waals surface area contributed by atoms with Crippen LogP contribution in [0.5, 0.6) is 5.75 Å². The lowest BCUT2D eigenvalue weighted by Crippen LogP contribution is -2.31. The summed E-state index contributed by atoms with van der Waals surface area (Å²) in [6, 6.07) is 15.1. The molecule has 0 spiro atoms. The Morgan fingerprint density at radius 1 is 1.07 bits per heavy atom. The maximum absolute atomic E-state index is 12.5. The lowest BCUT2D eigenvalue weighted by molar-refractivity contribution is -0.119. The molecule has 2 aromatic carbocycles. The van der Waals surface area contributed by atoms with Crippen LogP contribution < -0.4 is 15.4 Å². The summed E-state index contributed by atoms with van der Waals surface area (Å²) in [5, 5.41) is 6.00. The number of hydrogen-bond donors (Lipinski definition) is 2. The monoisotopic (exact) mass is 381 g/mol. The van der Waals surface area contributed by atoms with E-state index >= 15 is 0 Å². The predicted molar refractivity (Wildman–Crippen MR) is 110 cm³/mol. The van der Waals surface area contributed by atoms with Gasteiger partial charge in [0.25, 0.3) is 5.91 Å². The molecule has 28 heavy (non-hydrogen) atoms. The third kappa shape index (κ3) is 5.49.